The summed E-state index contributed by atoms with van der Waals surface area (Å²) in [6, 6.07) is 23.5. The molecule has 1 atom stereocenters. The summed E-state index contributed by atoms with van der Waals surface area (Å²) < 4.78 is 10.3. The van der Waals surface area contributed by atoms with Gasteiger partial charge in [-0.05, 0) is 47.4 Å². The number of rotatable bonds is 10. The molecule has 35 heavy (non-hydrogen) atoms. The van der Waals surface area contributed by atoms with Crippen LogP contribution in [-0.2, 0) is 14.3 Å². The summed E-state index contributed by atoms with van der Waals surface area (Å²) in [5.41, 5.74) is 2.38. The third kappa shape index (κ3) is 7.85. The van der Waals surface area contributed by atoms with Gasteiger partial charge in [0.1, 0.15) is 5.75 Å². The average molecular weight is 473 g/mol. The minimum atomic E-state index is -0.703. The number of esters is 1. The molecule has 3 aromatic rings. The van der Waals surface area contributed by atoms with Gasteiger partial charge >= 0.3 is 5.97 Å². The van der Waals surface area contributed by atoms with E-state index >= 15 is 0 Å². The van der Waals surface area contributed by atoms with Crippen molar-refractivity contribution in [3.63, 3.8) is 0 Å². The number of carbonyl (C=O) groups excluding carboxylic acids is 3. The van der Waals surface area contributed by atoms with Gasteiger partial charge in [-0.15, -0.1) is 0 Å². The van der Waals surface area contributed by atoms with Crippen LogP contribution in [0.2, 0.25) is 0 Å². The molecule has 0 aliphatic rings. The number of amides is 2. The van der Waals surface area contributed by atoms with Crippen molar-refractivity contribution in [3.8, 4) is 5.75 Å². The van der Waals surface area contributed by atoms with Crippen molar-refractivity contribution in [2.24, 2.45) is 0 Å². The molecule has 0 unspecified atom stereocenters. The first-order valence-corrected chi connectivity index (χ1v) is 11.2. The molecule has 0 aromatic heterocycles. The highest BCUT2D eigenvalue weighted by atomic mass is 16.5. The van der Waals surface area contributed by atoms with Gasteiger partial charge < -0.3 is 20.1 Å². The van der Waals surface area contributed by atoms with Crippen molar-refractivity contribution in [3.05, 3.63) is 102 Å². The zero-order chi connectivity index (χ0) is 25.0. The maximum Gasteiger partial charge on any atom is 0.340 e. The highest BCUT2D eigenvalue weighted by Gasteiger charge is 2.16. The topological polar surface area (TPSA) is 93.7 Å². The Hall–Kier alpha value is -4.39. The number of carbonyl (C=O) groups is 3. The molecule has 7 heteroatoms. The molecular formula is C28H28N2O5. The molecule has 180 valence electrons. The van der Waals surface area contributed by atoms with Crippen molar-refractivity contribution in [2.75, 3.05) is 25.6 Å². The molecule has 0 aliphatic carbocycles. The van der Waals surface area contributed by atoms with Crippen LogP contribution in [0.25, 0.3) is 6.08 Å². The Bertz CT molecular complexity index is 1170. The van der Waals surface area contributed by atoms with Crippen LogP contribution in [0.1, 0.15) is 34.3 Å². The summed E-state index contributed by atoms with van der Waals surface area (Å²) in [5, 5.41) is 5.45. The van der Waals surface area contributed by atoms with Crippen molar-refractivity contribution >= 4 is 29.5 Å². The standard InChI is InChI=1S/C28H28N2O5/c1-20(22-8-4-3-5-9-22)18-29-27(32)19-35-28(33)24-10-6-7-11-25(24)30-26(31)17-14-21-12-15-23(34-2)16-13-21/h3-17,20H,18-19H2,1-2H3,(H,29,32)(H,30,31)/b17-14+/t20-/m1/s1. The Morgan fingerprint density at radius 3 is 2.31 bits per heavy atom. The number of hydrogen-bond acceptors (Lipinski definition) is 5. The molecule has 0 aliphatic heterocycles. The van der Waals surface area contributed by atoms with E-state index in [0.717, 1.165) is 16.9 Å². The SMILES string of the molecule is COc1ccc(/C=C/C(=O)Nc2ccccc2C(=O)OCC(=O)NC[C@@H](C)c2ccccc2)cc1. The highest BCUT2D eigenvalue weighted by molar-refractivity contribution is 6.06. The van der Waals surface area contributed by atoms with E-state index in [-0.39, 0.29) is 11.5 Å². The fourth-order valence-electron chi connectivity index (χ4n) is 3.26. The Morgan fingerprint density at radius 2 is 1.60 bits per heavy atom. The second-order valence-corrected chi connectivity index (χ2v) is 7.83. The van der Waals surface area contributed by atoms with Crippen LogP contribution in [0.15, 0.2) is 84.9 Å². The van der Waals surface area contributed by atoms with Crippen molar-refractivity contribution in [1.29, 1.82) is 0 Å². The second kappa shape index (κ2) is 12.7. The van der Waals surface area contributed by atoms with Crippen LogP contribution >= 0.6 is 0 Å². The van der Waals surface area contributed by atoms with Crippen LogP contribution in [0.4, 0.5) is 5.69 Å². The molecule has 3 rings (SSSR count). The Balaban J connectivity index is 1.51. The zero-order valence-corrected chi connectivity index (χ0v) is 19.7. The van der Waals surface area contributed by atoms with E-state index in [1.165, 1.54) is 12.1 Å². The molecule has 0 heterocycles. The normalized spacial score (nSPS) is 11.5. The van der Waals surface area contributed by atoms with Gasteiger partial charge in [-0.2, -0.15) is 0 Å². The number of methoxy groups -OCH3 is 1. The summed E-state index contributed by atoms with van der Waals surface area (Å²) in [7, 11) is 1.58. The molecule has 7 nitrogen and oxygen atoms in total. The molecule has 0 saturated carbocycles. The predicted molar refractivity (Wildman–Crippen MR) is 135 cm³/mol. The second-order valence-electron chi connectivity index (χ2n) is 7.83. The quantitative estimate of drug-likeness (QED) is 0.336. The van der Waals surface area contributed by atoms with Crippen molar-refractivity contribution in [1.82, 2.24) is 5.32 Å². The summed E-state index contributed by atoms with van der Waals surface area (Å²) in [6.07, 6.45) is 3.02. The van der Waals surface area contributed by atoms with Crippen LogP contribution < -0.4 is 15.4 Å². The summed E-state index contributed by atoms with van der Waals surface area (Å²) in [6.45, 7) is 2.01. The number of anilines is 1. The van der Waals surface area contributed by atoms with E-state index in [1.54, 1.807) is 43.5 Å². The Morgan fingerprint density at radius 1 is 0.914 bits per heavy atom. The van der Waals surface area contributed by atoms with E-state index in [9.17, 15) is 14.4 Å². The van der Waals surface area contributed by atoms with E-state index in [2.05, 4.69) is 10.6 Å². The van der Waals surface area contributed by atoms with Crippen molar-refractivity contribution < 1.29 is 23.9 Å². The fourth-order valence-corrected chi connectivity index (χ4v) is 3.26. The molecule has 0 spiro atoms. The lowest BCUT2D eigenvalue weighted by Gasteiger charge is -2.13. The number of benzene rings is 3. The maximum absolute atomic E-state index is 12.6. The maximum atomic E-state index is 12.6. The van der Waals surface area contributed by atoms with Gasteiger partial charge in [-0.3, -0.25) is 9.59 Å². The fraction of sp³-hybridized carbons (Fsp3) is 0.179. The molecule has 0 bridgehead atoms. The van der Waals surface area contributed by atoms with Gasteiger partial charge in [0.25, 0.3) is 5.91 Å². The van der Waals surface area contributed by atoms with E-state index in [1.807, 2.05) is 49.4 Å². The first-order chi connectivity index (χ1) is 17.0. The van der Waals surface area contributed by atoms with Gasteiger partial charge in [0.2, 0.25) is 5.91 Å². The zero-order valence-electron chi connectivity index (χ0n) is 19.7. The van der Waals surface area contributed by atoms with Gasteiger partial charge in [0.15, 0.2) is 6.61 Å². The highest BCUT2D eigenvalue weighted by Crippen LogP contribution is 2.17. The van der Waals surface area contributed by atoms with Gasteiger partial charge in [0, 0.05) is 12.6 Å². The Labute approximate surface area is 204 Å². The minimum absolute atomic E-state index is 0.123. The van der Waals surface area contributed by atoms with Crippen LogP contribution in [0.5, 0.6) is 5.75 Å². The smallest absolute Gasteiger partial charge is 0.340 e. The molecule has 2 N–H and O–H groups in total. The summed E-state index contributed by atoms with van der Waals surface area (Å²) in [5.74, 6) is -0.665. The molecular weight excluding hydrogens is 444 g/mol. The number of para-hydroxylation sites is 1. The number of hydrogen-bond donors (Lipinski definition) is 2. The minimum Gasteiger partial charge on any atom is -0.497 e. The summed E-state index contributed by atoms with van der Waals surface area (Å²) in [4.78, 5) is 37.1. The molecule has 0 fully saturated rings. The Kier molecular flexibility index (Phi) is 9.19. The molecule has 0 saturated heterocycles. The monoisotopic (exact) mass is 472 g/mol. The lowest BCUT2D eigenvalue weighted by atomic mass is 10.0. The van der Waals surface area contributed by atoms with Crippen LogP contribution in [0, 0.1) is 0 Å². The van der Waals surface area contributed by atoms with Gasteiger partial charge in [0.05, 0.1) is 18.4 Å². The van der Waals surface area contributed by atoms with Crippen LogP contribution in [0.3, 0.4) is 0 Å². The number of ether oxygens (including phenoxy) is 2. The average Bonchev–Trinajstić information content (AvgIpc) is 2.90. The molecule has 3 aromatic carbocycles. The van der Waals surface area contributed by atoms with Gasteiger partial charge in [-0.25, -0.2) is 4.79 Å². The van der Waals surface area contributed by atoms with E-state index < -0.39 is 24.4 Å². The molecule has 0 radical (unpaired) electrons. The van der Waals surface area contributed by atoms with E-state index in [4.69, 9.17) is 9.47 Å². The van der Waals surface area contributed by atoms with Crippen LogP contribution in [-0.4, -0.2) is 38.0 Å². The summed E-state index contributed by atoms with van der Waals surface area (Å²) >= 11 is 0. The van der Waals surface area contributed by atoms with E-state index in [0.29, 0.717) is 12.2 Å². The lowest BCUT2D eigenvalue weighted by molar-refractivity contribution is -0.124. The predicted octanol–water partition coefficient (Wildman–Crippen LogP) is 4.42. The van der Waals surface area contributed by atoms with Gasteiger partial charge in [-0.1, -0.05) is 61.5 Å². The van der Waals surface area contributed by atoms with Crippen molar-refractivity contribution in [2.45, 2.75) is 12.8 Å². The molecule has 2 amide bonds. The first kappa shape index (κ1) is 25.2. The first-order valence-electron chi connectivity index (χ1n) is 11.2. The third-order valence-electron chi connectivity index (χ3n) is 5.26. The number of nitrogens with one attached hydrogen (secondary N) is 2. The largest absolute Gasteiger partial charge is 0.497 e. The lowest BCUT2D eigenvalue weighted by Crippen LogP contribution is -2.31. The third-order valence-corrected chi connectivity index (χ3v) is 5.26.